The van der Waals surface area contributed by atoms with Crippen LogP contribution in [0.25, 0.3) is 0 Å². The Kier molecular flexibility index (Phi) is 87.1. The van der Waals surface area contributed by atoms with Gasteiger partial charge < -0.3 is 33.3 Å². The molecule has 11 heteroatoms. The highest BCUT2D eigenvalue weighted by Crippen LogP contribution is 1.71. The molecule has 0 aliphatic rings. The van der Waals surface area contributed by atoms with Crippen LogP contribution < -0.4 is 0 Å². The highest BCUT2D eigenvalue weighted by atomic mass is 16.5. The van der Waals surface area contributed by atoms with E-state index in [0.29, 0.717) is 6.42 Å². The number of rotatable bonds is 3. The minimum absolute atomic E-state index is 0. The molecule has 0 aliphatic heterocycles. The van der Waals surface area contributed by atoms with E-state index in [4.69, 9.17) is 0 Å². The number of esters is 3. The van der Waals surface area contributed by atoms with Gasteiger partial charge in [-0.1, -0.05) is 21.8 Å². The summed E-state index contributed by atoms with van der Waals surface area (Å²) in [6.07, 6.45) is 0.667. The molecule has 0 amide bonds. The quantitative estimate of drug-likeness (QED) is 0.380. The van der Waals surface area contributed by atoms with Gasteiger partial charge in [0.15, 0.2) is 5.78 Å². The van der Waals surface area contributed by atoms with E-state index in [1.807, 2.05) is 6.92 Å². The van der Waals surface area contributed by atoms with Crippen molar-refractivity contribution in [2.45, 2.75) is 90.5 Å². The highest BCUT2D eigenvalue weighted by molar-refractivity contribution is 5.76. The monoisotopic (exact) mass is 530 g/mol. The molecule has 0 N–H and O–H groups in total. The van der Waals surface area contributed by atoms with E-state index >= 15 is 0 Å². The topological polar surface area (TPSA) is 156 Å². The van der Waals surface area contributed by atoms with Crippen LogP contribution in [0.4, 0.5) is 0 Å². The molecule has 220 valence electrons. The van der Waals surface area contributed by atoms with Gasteiger partial charge in [-0.05, 0) is 41.5 Å². The second kappa shape index (κ2) is 53.4. The minimum atomic E-state index is -0.245. The van der Waals surface area contributed by atoms with E-state index in [1.54, 1.807) is 6.92 Å². The zero-order valence-corrected chi connectivity index (χ0v) is 23.4. The Morgan fingerprint density at radius 2 is 0.611 bits per heavy atom. The van der Waals surface area contributed by atoms with Crippen molar-refractivity contribution in [3.05, 3.63) is 0 Å². The van der Waals surface area contributed by atoms with E-state index in [-0.39, 0.29) is 62.5 Å². The lowest BCUT2D eigenvalue weighted by atomic mass is 10.4. The smallest absolute Gasteiger partial charge is 0.302 e. The number of Topliss-reactive ketones (excluding diaryl/α,β-unsaturated/α-hetero) is 4. The molecule has 36 heavy (non-hydrogen) atoms. The second-order valence-electron chi connectivity index (χ2n) is 6.09. The van der Waals surface area contributed by atoms with Crippen molar-refractivity contribution in [2.75, 3.05) is 35.0 Å². The molecule has 0 unspecified atom stereocenters. The van der Waals surface area contributed by atoms with Crippen LogP contribution >= 0.6 is 0 Å². The maximum atomic E-state index is 9.92. The van der Waals surface area contributed by atoms with Crippen LogP contribution in [-0.4, -0.2) is 76.1 Å². The maximum Gasteiger partial charge on any atom is 0.302 e. The number of ether oxygens (including phenoxy) is 4. The molecule has 0 aliphatic carbocycles. The van der Waals surface area contributed by atoms with Crippen molar-refractivity contribution >= 4 is 41.0 Å². The molecule has 0 rings (SSSR count). The summed E-state index contributed by atoms with van der Waals surface area (Å²) >= 11 is 0. The van der Waals surface area contributed by atoms with Gasteiger partial charge in [0.2, 0.25) is 0 Å². The molecule has 0 aromatic carbocycles. The Morgan fingerprint density at radius 1 is 0.472 bits per heavy atom. The van der Waals surface area contributed by atoms with Crippen molar-refractivity contribution in [3.63, 3.8) is 0 Å². The van der Waals surface area contributed by atoms with Gasteiger partial charge in [-0.3, -0.25) is 19.2 Å². The van der Waals surface area contributed by atoms with Gasteiger partial charge in [-0.15, -0.1) is 0 Å². The van der Waals surface area contributed by atoms with Crippen LogP contribution in [0, 0.1) is 0 Å². The fraction of sp³-hybridized carbons (Fsp3) is 0.720. The van der Waals surface area contributed by atoms with E-state index < -0.39 is 0 Å². The zero-order chi connectivity index (χ0) is 29.3. The second-order valence-corrected chi connectivity index (χ2v) is 6.09. The first-order chi connectivity index (χ1) is 15.3. The lowest BCUT2D eigenvalue weighted by molar-refractivity contribution is -0.138. The Balaban J connectivity index is -0.0000000336. The molecule has 0 aromatic rings. The average molecular weight is 531 g/mol. The summed E-state index contributed by atoms with van der Waals surface area (Å²) in [4.78, 5) is 67.4. The largest absolute Gasteiger partial charge is 0.469 e. The normalized spacial score (nSPS) is 6.72. The number of carbonyl (C=O) groups excluding carboxylic acids is 7. The van der Waals surface area contributed by atoms with E-state index in [1.165, 1.54) is 83.8 Å². The summed E-state index contributed by atoms with van der Waals surface area (Å²) in [7, 11) is 5.55. The number of methoxy groups -OCH3 is 4. The SMILES string of the molecule is C.C.CC(C)=O.CC(C)=O.CCC(C)=O.COC(C)=O.COC(C)=O.COC(C)=O.COCC(C)=O. The van der Waals surface area contributed by atoms with Crippen molar-refractivity contribution in [1.29, 1.82) is 0 Å². The first-order valence-electron chi connectivity index (χ1n) is 9.88. The van der Waals surface area contributed by atoms with Crippen LogP contribution in [0.15, 0.2) is 0 Å². The van der Waals surface area contributed by atoms with Crippen LogP contribution in [-0.2, 0) is 52.5 Å². The average Bonchev–Trinajstić information content (AvgIpc) is 2.68. The van der Waals surface area contributed by atoms with Gasteiger partial charge in [-0.25, -0.2) is 0 Å². The molecular weight excluding hydrogens is 476 g/mol. The molecule has 0 radical (unpaired) electrons. The third-order valence-electron chi connectivity index (χ3n) is 1.71. The molecule has 11 nitrogen and oxygen atoms in total. The molecule has 0 atom stereocenters. The molecular formula is C25H54O11. The molecule has 0 spiro atoms. The van der Waals surface area contributed by atoms with Gasteiger partial charge in [0, 0.05) is 34.3 Å². The molecule has 0 heterocycles. The Hall–Kier alpha value is -2.95. The van der Waals surface area contributed by atoms with E-state index in [9.17, 15) is 33.6 Å². The first kappa shape index (κ1) is 58.7. The molecule has 0 aromatic heterocycles. The molecule has 0 fully saturated rings. The summed E-state index contributed by atoms with van der Waals surface area (Å²) in [5.41, 5.74) is 0. The lowest BCUT2D eigenvalue weighted by Crippen LogP contribution is -1.98. The summed E-state index contributed by atoms with van der Waals surface area (Å²) < 4.78 is 16.8. The van der Waals surface area contributed by atoms with Crippen molar-refractivity contribution in [3.8, 4) is 0 Å². The molecule has 0 saturated heterocycles. The predicted molar refractivity (Wildman–Crippen MR) is 143 cm³/mol. The van der Waals surface area contributed by atoms with Crippen LogP contribution in [0.1, 0.15) is 90.5 Å². The van der Waals surface area contributed by atoms with Gasteiger partial charge in [0.1, 0.15) is 24.0 Å². The van der Waals surface area contributed by atoms with Crippen molar-refractivity contribution in [1.82, 2.24) is 0 Å². The first-order valence-corrected chi connectivity index (χ1v) is 9.88. The van der Waals surface area contributed by atoms with Crippen LogP contribution in [0.2, 0.25) is 0 Å². The third-order valence-corrected chi connectivity index (χ3v) is 1.71. The summed E-state index contributed by atoms with van der Waals surface area (Å²) in [5.74, 6) is -0.0810. The van der Waals surface area contributed by atoms with E-state index in [2.05, 4.69) is 18.9 Å². The van der Waals surface area contributed by atoms with Gasteiger partial charge in [0.05, 0.1) is 21.3 Å². The van der Waals surface area contributed by atoms with Crippen molar-refractivity contribution < 1.29 is 52.5 Å². The van der Waals surface area contributed by atoms with Crippen molar-refractivity contribution in [2.24, 2.45) is 0 Å². The van der Waals surface area contributed by atoms with E-state index in [0.717, 1.165) is 0 Å². The fourth-order valence-electron chi connectivity index (χ4n) is 0.203. The highest BCUT2D eigenvalue weighted by Gasteiger charge is 1.83. The molecule has 0 bridgehead atoms. The van der Waals surface area contributed by atoms with Gasteiger partial charge in [0.25, 0.3) is 0 Å². The fourth-order valence-corrected chi connectivity index (χ4v) is 0.203. The number of hydrogen-bond acceptors (Lipinski definition) is 11. The summed E-state index contributed by atoms with van der Waals surface area (Å²) in [6.45, 7) is 15.4. The maximum absolute atomic E-state index is 9.92. The standard InChI is InChI=1S/C4H8O2.C4H8O.3C3H6O2.2C3H6O.2CH4/c1-4(5)3-6-2;1-3-4(2)5;3*1-3(4)5-2;2*1-3(2)4;;/h3H2,1-2H3;3H2,1-2H3;3*1-2H3;2*1-2H3;2*1H4. The number of ketones is 4. The number of hydrogen-bond donors (Lipinski definition) is 0. The Labute approximate surface area is 219 Å². The minimum Gasteiger partial charge on any atom is -0.469 e. The third kappa shape index (κ3) is 433. The number of carbonyl (C=O) groups is 7. The van der Waals surface area contributed by atoms with Gasteiger partial charge in [-0.2, -0.15) is 0 Å². The Morgan fingerprint density at radius 3 is 0.611 bits per heavy atom. The summed E-state index contributed by atoms with van der Waals surface area (Å²) in [6, 6.07) is 0. The van der Waals surface area contributed by atoms with Crippen LogP contribution in [0.3, 0.4) is 0 Å². The lowest BCUT2D eigenvalue weighted by Gasteiger charge is -1.84. The Bertz CT molecular complexity index is 464. The van der Waals surface area contributed by atoms with Crippen LogP contribution in [0.5, 0.6) is 0 Å². The van der Waals surface area contributed by atoms with Gasteiger partial charge >= 0.3 is 17.9 Å². The molecule has 0 saturated carbocycles. The predicted octanol–water partition coefficient (Wildman–Crippen LogP) is 4.21. The zero-order valence-electron chi connectivity index (χ0n) is 23.4. The summed E-state index contributed by atoms with van der Waals surface area (Å²) in [5, 5.41) is 0.